The summed E-state index contributed by atoms with van der Waals surface area (Å²) in [5.41, 5.74) is 6.46. The highest BCUT2D eigenvalue weighted by atomic mass is 19.1. The van der Waals surface area contributed by atoms with Crippen molar-refractivity contribution in [2.24, 2.45) is 15.7 Å². The van der Waals surface area contributed by atoms with Gasteiger partial charge in [0.1, 0.15) is 11.6 Å². The Labute approximate surface area is 148 Å². The minimum atomic E-state index is -1.07. The summed E-state index contributed by atoms with van der Waals surface area (Å²) in [6, 6.07) is 11.8. The molecule has 1 heterocycles. The molecule has 0 bridgehead atoms. The van der Waals surface area contributed by atoms with Crippen LogP contribution in [0, 0.1) is 5.82 Å². The molecule has 0 aromatic heterocycles. The van der Waals surface area contributed by atoms with Crippen molar-refractivity contribution >= 4 is 23.6 Å². The quantitative estimate of drug-likeness (QED) is 0.770. The van der Waals surface area contributed by atoms with Gasteiger partial charge >= 0.3 is 12.0 Å². The Morgan fingerprint density at radius 3 is 2.81 bits per heavy atom. The van der Waals surface area contributed by atoms with Gasteiger partial charge in [-0.15, -0.1) is 0 Å². The Balaban J connectivity index is 1.82. The summed E-state index contributed by atoms with van der Waals surface area (Å²) in [5, 5.41) is 12.1. The SMILES string of the molecule is CN1C(N)=NC(Oc2cccc(C(=O)O)c2)=NC1Nc1cccc(F)c1. The summed E-state index contributed by atoms with van der Waals surface area (Å²) in [7, 11) is 1.67. The largest absolute Gasteiger partial charge is 0.478 e. The van der Waals surface area contributed by atoms with Crippen LogP contribution in [-0.2, 0) is 0 Å². The number of nitrogens with two attached hydrogens (primary N) is 1. The monoisotopic (exact) mass is 357 g/mol. The molecule has 3 rings (SSSR count). The summed E-state index contributed by atoms with van der Waals surface area (Å²) < 4.78 is 18.9. The van der Waals surface area contributed by atoms with E-state index in [-0.39, 0.29) is 29.1 Å². The summed E-state index contributed by atoms with van der Waals surface area (Å²) in [4.78, 5) is 20.9. The predicted molar refractivity (Wildman–Crippen MR) is 94.7 cm³/mol. The molecule has 9 heteroatoms. The number of aliphatic imine (C=N–C) groups is 2. The smallest absolute Gasteiger partial charge is 0.335 e. The van der Waals surface area contributed by atoms with Gasteiger partial charge in [-0.1, -0.05) is 12.1 Å². The van der Waals surface area contributed by atoms with Gasteiger partial charge in [0.25, 0.3) is 0 Å². The van der Waals surface area contributed by atoms with Gasteiger partial charge in [-0.2, -0.15) is 9.98 Å². The molecule has 0 spiro atoms. The molecule has 0 amide bonds. The van der Waals surface area contributed by atoms with Crippen molar-refractivity contribution in [1.29, 1.82) is 0 Å². The molecule has 1 atom stereocenters. The maximum atomic E-state index is 13.4. The number of aromatic carboxylic acids is 1. The molecular formula is C17H16FN5O3. The number of hydrogen-bond acceptors (Lipinski definition) is 7. The minimum Gasteiger partial charge on any atom is -0.478 e. The molecule has 0 aliphatic carbocycles. The van der Waals surface area contributed by atoms with E-state index in [0.717, 1.165) is 0 Å². The topological polar surface area (TPSA) is 113 Å². The van der Waals surface area contributed by atoms with Gasteiger partial charge in [-0.05, 0) is 36.4 Å². The fourth-order valence-electron chi connectivity index (χ4n) is 2.23. The number of benzene rings is 2. The summed E-state index contributed by atoms with van der Waals surface area (Å²) >= 11 is 0. The van der Waals surface area contributed by atoms with Gasteiger partial charge in [0, 0.05) is 12.7 Å². The number of anilines is 1. The molecule has 2 aromatic carbocycles. The Bertz CT molecular complexity index is 899. The van der Waals surface area contributed by atoms with Crippen LogP contribution in [0.4, 0.5) is 10.1 Å². The van der Waals surface area contributed by atoms with E-state index in [1.54, 1.807) is 36.2 Å². The lowest BCUT2D eigenvalue weighted by atomic mass is 10.2. The Kier molecular flexibility index (Phi) is 4.70. The summed E-state index contributed by atoms with van der Waals surface area (Å²) in [5.74, 6) is -1.07. The van der Waals surface area contributed by atoms with Gasteiger partial charge in [0.05, 0.1) is 5.56 Å². The van der Waals surface area contributed by atoms with Gasteiger partial charge < -0.3 is 25.8 Å². The third kappa shape index (κ3) is 3.89. The molecule has 0 saturated carbocycles. The van der Waals surface area contributed by atoms with E-state index in [9.17, 15) is 9.18 Å². The molecule has 26 heavy (non-hydrogen) atoms. The van der Waals surface area contributed by atoms with E-state index in [4.69, 9.17) is 15.6 Å². The normalized spacial score (nSPS) is 16.5. The van der Waals surface area contributed by atoms with Crippen molar-refractivity contribution in [3.8, 4) is 5.75 Å². The number of hydrogen-bond donors (Lipinski definition) is 3. The average molecular weight is 357 g/mol. The van der Waals surface area contributed by atoms with Crippen molar-refractivity contribution in [1.82, 2.24) is 4.90 Å². The summed E-state index contributed by atoms with van der Waals surface area (Å²) in [6.45, 7) is 0. The first kappa shape index (κ1) is 17.2. The van der Waals surface area contributed by atoms with Crippen molar-refractivity contribution in [2.45, 2.75) is 6.29 Å². The van der Waals surface area contributed by atoms with Gasteiger partial charge in [0.2, 0.25) is 12.2 Å². The number of carboxylic acid groups (broad SMARTS) is 1. The average Bonchev–Trinajstić information content (AvgIpc) is 2.59. The second-order valence-corrected chi connectivity index (χ2v) is 5.46. The zero-order valence-corrected chi connectivity index (χ0v) is 13.8. The van der Waals surface area contributed by atoms with Crippen LogP contribution >= 0.6 is 0 Å². The number of halogens is 1. The number of amidine groups is 1. The highest BCUT2D eigenvalue weighted by Crippen LogP contribution is 2.18. The number of nitrogens with zero attached hydrogens (tertiary/aromatic N) is 3. The summed E-state index contributed by atoms with van der Waals surface area (Å²) in [6.07, 6.45) is -0.674. The second kappa shape index (κ2) is 7.09. The number of carbonyl (C=O) groups is 1. The molecule has 0 saturated heterocycles. The van der Waals surface area contributed by atoms with Crippen LogP contribution in [-0.4, -0.2) is 41.3 Å². The molecule has 0 radical (unpaired) electrons. The van der Waals surface area contributed by atoms with Crippen LogP contribution in [0.1, 0.15) is 10.4 Å². The first-order valence-electron chi connectivity index (χ1n) is 7.60. The van der Waals surface area contributed by atoms with E-state index in [1.165, 1.54) is 24.3 Å². The number of rotatable bonds is 4. The van der Waals surface area contributed by atoms with Crippen molar-refractivity contribution in [3.63, 3.8) is 0 Å². The third-order valence-electron chi connectivity index (χ3n) is 3.58. The van der Waals surface area contributed by atoms with E-state index < -0.39 is 12.3 Å². The maximum Gasteiger partial charge on any atom is 0.335 e. The zero-order chi connectivity index (χ0) is 18.7. The zero-order valence-electron chi connectivity index (χ0n) is 13.8. The van der Waals surface area contributed by atoms with E-state index in [0.29, 0.717) is 5.69 Å². The van der Waals surface area contributed by atoms with Crippen LogP contribution in [0.3, 0.4) is 0 Å². The van der Waals surface area contributed by atoms with E-state index >= 15 is 0 Å². The fourth-order valence-corrected chi connectivity index (χ4v) is 2.23. The van der Waals surface area contributed by atoms with Gasteiger partial charge in [0.15, 0.2) is 0 Å². The molecule has 1 unspecified atom stereocenters. The first-order valence-corrected chi connectivity index (χ1v) is 7.60. The highest BCUT2D eigenvalue weighted by Gasteiger charge is 2.23. The molecule has 2 aromatic rings. The van der Waals surface area contributed by atoms with Crippen molar-refractivity contribution < 1.29 is 19.0 Å². The van der Waals surface area contributed by atoms with E-state index in [2.05, 4.69) is 15.3 Å². The molecular weight excluding hydrogens is 341 g/mol. The van der Waals surface area contributed by atoms with Crippen molar-refractivity contribution in [3.05, 3.63) is 59.9 Å². The number of ether oxygens (including phenoxy) is 1. The molecule has 8 nitrogen and oxygen atoms in total. The van der Waals surface area contributed by atoms with Crippen LogP contribution < -0.4 is 15.8 Å². The minimum absolute atomic E-state index is 0.0444. The molecule has 1 aliphatic rings. The first-order chi connectivity index (χ1) is 12.4. The van der Waals surface area contributed by atoms with Crippen LogP contribution in [0.25, 0.3) is 0 Å². The second-order valence-electron chi connectivity index (χ2n) is 5.46. The number of guanidine groups is 1. The van der Waals surface area contributed by atoms with Gasteiger partial charge in [-0.3, -0.25) is 0 Å². The van der Waals surface area contributed by atoms with E-state index in [1.807, 2.05) is 0 Å². The number of carboxylic acids is 1. The molecule has 134 valence electrons. The number of nitrogens with one attached hydrogen (secondary N) is 1. The molecule has 0 fully saturated rings. The van der Waals surface area contributed by atoms with Crippen LogP contribution in [0.15, 0.2) is 58.5 Å². The standard InChI is InChI=1S/C17H16FN5O3/c1-23-15(19)21-17(26-13-7-2-4-10(8-13)14(24)25)22-16(23)20-12-6-3-5-11(18)9-12/h2-9,16,20H,1H3,(H,24,25)(H2,19,21,22). The third-order valence-corrected chi connectivity index (χ3v) is 3.58. The lowest BCUT2D eigenvalue weighted by Crippen LogP contribution is -2.48. The lowest BCUT2D eigenvalue weighted by Gasteiger charge is -2.30. The highest BCUT2D eigenvalue weighted by molar-refractivity contribution is 5.94. The van der Waals surface area contributed by atoms with Crippen molar-refractivity contribution in [2.75, 3.05) is 12.4 Å². The predicted octanol–water partition coefficient (Wildman–Crippen LogP) is 1.91. The Hall–Kier alpha value is -3.62. The Morgan fingerprint density at radius 2 is 2.08 bits per heavy atom. The lowest BCUT2D eigenvalue weighted by molar-refractivity contribution is 0.0696. The van der Waals surface area contributed by atoms with Crippen LogP contribution in [0.2, 0.25) is 0 Å². The molecule has 1 aliphatic heterocycles. The van der Waals surface area contributed by atoms with Gasteiger partial charge in [-0.25, -0.2) is 9.18 Å². The maximum absolute atomic E-state index is 13.4. The molecule has 4 N–H and O–H groups in total. The fraction of sp³-hybridized carbons (Fsp3) is 0.118. The Morgan fingerprint density at radius 1 is 1.31 bits per heavy atom. The van der Waals surface area contributed by atoms with Crippen LogP contribution in [0.5, 0.6) is 5.75 Å².